The average molecular weight is 291 g/mol. The molecule has 2 aromatic rings. The molecule has 1 atom stereocenters. The minimum atomic E-state index is -0.576. The highest BCUT2D eigenvalue weighted by molar-refractivity contribution is 6.30. The minimum Gasteiger partial charge on any atom is -0.389 e. The van der Waals surface area contributed by atoms with Gasteiger partial charge < -0.3 is 15.7 Å². The van der Waals surface area contributed by atoms with Crippen molar-refractivity contribution >= 4 is 29.0 Å². The summed E-state index contributed by atoms with van der Waals surface area (Å²) in [6.45, 7) is 1.67. The van der Waals surface area contributed by atoms with Gasteiger partial charge in [-0.15, -0.1) is 0 Å². The zero-order valence-corrected chi connectivity index (χ0v) is 11.7. The molecule has 0 aliphatic rings. The summed E-state index contributed by atoms with van der Waals surface area (Å²) in [4.78, 5) is 11.8. The van der Waals surface area contributed by atoms with Gasteiger partial charge in [0.05, 0.1) is 6.10 Å². The molecule has 2 rings (SSSR count). The van der Waals surface area contributed by atoms with E-state index in [9.17, 15) is 9.90 Å². The molecule has 0 radical (unpaired) electrons. The van der Waals surface area contributed by atoms with Crippen LogP contribution in [0.5, 0.6) is 0 Å². The van der Waals surface area contributed by atoms with Crippen LogP contribution in [0.2, 0.25) is 5.02 Å². The van der Waals surface area contributed by atoms with Crippen molar-refractivity contribution in [2.75, 3.05) is 10.6 Å². The summed E-state index contributed by atoms with van der Waals surface area (Å²) in [5, 5.41) is 15.4. The van der Waals surface area contributed by atoms with Crippen molar-refractivity contribution in [2.45, 2.75) is 13.0 Å². The molecule has 20 heavy (non-hydrogen) atoms. The number of carbonyl (C=O) groups excluding carboxylic acids is 1. The fourth-order valence-electron chi connectivity index (χ4n) is 1.74. The van der Waals surface area contributed by atoms with Crippen molar-refractivity contribution in [2.24, 2.45) is 0 Å². The SMILES string of the molecule is C[C@@H](O)c1cccc(NC(=O)Nc2cccc(Cl)c2)c1. The second-order valence-electron chi connectivity index (χ2n) is 4.39. The highest BCUT2D eigenvalue weighted by Gasteiger charge is 2.05. The maximum absolute atomic E-state index is 11.8. The third-order valence-corrected chi connectivity index (χ3v) is 2.94. The summed E-state index contributed by atoms with van der Waals surface area (Å²) in [6.07, 6.45) is -0.576. The Labute approximate surface area is 122 Å². The first kappa shape index (κ1) is 14.4. The first-order chi connectivity index (χ1) is 9.54. The van der Waals surface area contributed by atoms with Crippen molar-refractivity contribution in [1.82, 2.24) is 0 Å². The van der Waals surface area contributed by atoms with E-state index < -0.39 is 6.10 Å². The standard InChI is InChI=1S/C15H15ClN2O2/c1-10(19)11-4-2-6-13(8-11)17-15(20)18-14-7-3-5-12(16)9-14/h2-10,19H,1H3,(H2,17,18,20)/t10-/m1/s1. The topological polar surface area (TPSA) is 61.4 Å². The number of anilines is 2. The number of hydrogen-bond acceptors (Lipinski definition) is 2. The van der Waals surface area contributed by atoms with E-state index in [0.29, 0.717) is 16.4 Å². The van der Waals surface area contributed by atoms with Gasteiger partial charge in [0.2, 0.25) is 0 Å². The van der Waals surface area contributed by atoms with Gasteiger partial charge in [0.15, 0.2) is 0 Å². The molecule has 2 amide bonds. The van der Waals surface area contributed by atoms with Gasteiger partial charge in [-0.25, -0.2) is 4.79 Å². The van der Waals surface area contributed by atoms with Crippen LogP contribution < -0.4 is 10.6 Å². The van der Waals surface area contributed by atoms with Crippen LogP contribution in [0.3, 0.4) is 0 Å². The quantitative estimate of drug-likeness (QED) is 0.799. The summed E-state index contributed by atoms with van der Waals surface area (Å²) in [7, 11) is 0. The molecule has 0 spiro atoms. The fraction of sp³-hybridized carbons (Fsp3) is 0.133. The highest BCUT2D eigenvalue weighted by Crippen LogP contribution is 2.18. The Morgan fingerprint density at radius 2 is 1.70 bits per heavy atom. The van der Waals surface area contributed by atoms with Crippen LogP contribution in [0.4, 0.5) is 16.2 Å². The normalized spacial score (nSPS) is 11.8. The van der Waals surface area contributed by atoms with E-state index in [4.69, 9.17) is 11.6 Å². The Morgan fingerprint density at radius 1 is 1.10 bits per heavy atom. The van der Waals surface area contributed by atoms with Gasteiger partial charge in [0, 0.05) is 16.4 Å². The lowest BCUT2D eigenvalue weighted by atomic mass is 10.1. The summed E-state index contributed by atoms with van der Waals surface area (Å²) in [5.41, 5.74) is 1.97. The molecule has 0 heterocycles. The van der Waals surface area contributed by atoms with Crippen LogP contribution in [-0.2, 0) is 0 Å². The minimum absolute atomic E-state index is 0.366. The Kier molecular flexibility index (Phi) is 4.61. The van der Waals surface area contributed by atoms with E-state index in [1.165, 1.54) is 0 Å². The maximum Gasteiger partial charge on any atom is 0.323 e. The van der Waals surface area contributed by atoms with Crippen LogP contribution >= 0.6 is 11.6 Å². The summed E-state index contributed by atoms with van der Waals surface area (Å²) in [5.74, 6) is 0. The Bertz CT molecular complexity index is 614. The largest absolute Gasteiger partial charge is 0.389 e. The molecule has 0 aliphatic carbocycles. The lowest BCUT2D eigenvalue weighted by Crippen LogP contribution is -2.19. The third kappa shape index (κ3) is 3.98. The zero-order chi connectivity index (χ0) is 14.5. The maximum atomic E-state index is 11.8. The van der Waals surface area contributed by atoms with Crippen molar-refractivity contribution in [3.05, 3.63) is 59.1 Å². The second kappa shape index (κ2) is 6.41. The zero-order valence-electron chi connectivity index (χ0n) is 10.9. The van der Waals surface area contributed by atoms with E-state index in [1.54, 1.807) is 55.5 Å². The third-order valence-electron chi connectivity index (χ3n) is 2.71. The number of aliphatic hydroxyl groups is 1. The first-order valence-electron chi connectivity index (χ1n) is 6.16. The Morgan fingerprint density at radius 3 is 2.30 bits per heavy atom. The first-order valence-corrected chi connectivity index (χ1v) is 6.54. The molecule has 5 heteroatoms. The molecule has 0 unspecified atom stereocenters. The van der Waals surface area contributed by atoms with Crippen LogP contribution in [0, 0.1) is 0 Å². The highest BCUT2D eigenvalue weighted by atomic mass is 35.5. The number of benzene rings is 2. The van der Waals surface area contributed by atoms with Crippen molar-refractivity contribution in [3.8, 4) is 0 Å². The van der Waals surface area contributed by atoms with Gasteiger partial charge >= 0.3 is 6.03 Å². The van der Waals surface area contributed by atoms with E-state index in [1.807, 2.05) is 0 Å². The molecular weight excluding hydrogens is 276 g/mol. The molecule has 0 saturated heterocycles. The summed E-state index contributed by atoms with van der Waals surface area (Å²) >= 11 is 5.84. The molecule has 0 fully saturated rings. The van der Waals surface area contributed by atoms with Gasteiger partial charge in [0.25, 0.3) is 0 Å². The average Bonchev–Trinajstić information content (AvgIpc) is 2.38. The Balaban J connectivity index is 2.03. The van der Waals surface area contributed by atoms with E-state index in [-0.39, 0.29) is 6.03 Å². The molecule has 0 saturated carbocycles. The number of aliphatic hydroxyl groups excluding tert-OH is 1. The van der Waals surface area contributed by atoms with Gasteiger partial charge in [-0.05, 0) is 42.8 Å². The Hall–Kier alpha value is -2.04. The van der Waals surface area contributed by atoms with Crippen LogP contribution in [-0.4, -0.2) is 11.1 Å². The predicted octanol–water partition coefficient (Wildman–Crippen LogP) is 4.04. The van der Waals surface area contributed by atoms with E-state index in [0.717, 1.165) is 5.56 Å². The number of urea groups is 1. The van der Waals surface area contributed by atoms with Crippen LogP contribution in [0.1, 0.15) is 18.6 Å². The predicted molar refractivity (Wildman–Crippen MR) is 81.2 cm³/mol. The lowest BCUT2D eigenvalue weighted by molar-refractivity contribution is 0.199. The van der Waals surface area contributed by atoms with Crippen LogP contribution in [0.25, 0.3) is 0 Å². The van der Waals surface area contributed by atoms with Crippen molar-refractivity contribution < 1.29 is 9.90 Å². The number of carbonyl (C=O) groups is 1. The number of halogens is 1. The molecule has 0 aromatic heterocycles. The number of rotatable bonds is 3. The molecule has 0 aliphatic heterocycles. The molecule has 3 N–H and O–H groups in total. The number of amides is 2. The monoisotopic (exact) mass is 290 g/mol. The fourth-order valence-corrected chi connectivity index (χ4v) is 1.93. The van der Waals surface area contributed by atoms with Gasteiger partial charge in [-0.2, -0.15) is 0 Å². The van der Waals surface area contributed by atoms with Gasteiger partial charge in [0.1, 0.15) is 0 Å². The second-order valence-corrected chi connectivity index (χ2v) is 4.83. The van der Waals surface area contributed by atoms with Crippen molar-refractivity contribution in [3.63, 3.8) is 0 Å². The van der Waals surface area contributed by atoms with Gasteiger partial charge in [-0.3, -0.25) is 0 Å². The molecule has 2 aromatic carbocycles. The molecule has 4 nitrogen and oxygen atoms in total. The lowest BCUT2D eigenvalue weighted by Gasteiger charge is -2.10. The van der Waals surface area contributed by atoms with E-state index in [2.05, 4.69) is 10.6 Å². The number of nitrogens with one attached hydrogen (secondary N) is 2. The molecular formula is C15H15ClN2O2. The summed E-state index contributed by atoms with van der Waals surface area (Å²) in [6, 6.07) is 13.6. The molecule has 104 valence electrons. The summed E-state index contributed by atoms with van der Waals surface area (Å²) < 4.78 is 0. The van der Waals surface area contributed by atoms with Crippen molar-refractivity contribution in [1.29, 1.82) is 0 Å². The number of hydrogen-bond donors (Lipinski definition) is 3. The van der Waals surface area contributed by atoms with Crippen LogP contribution in [0.15, 0.2) is 48.5 Å². The smallest absolute Gasteiger partial charge is 0.323 e. The molecule has 0 bridgehead atoms. The van der Waals surface area contributed by atoms with Gasteiger partial charge in [-0.1, -0.05) is 29.8 Å². The van der Waals surface area contributed by atoms with E-state index >= 15 is 0 Å².